The minimum atomic E-state index is -0.959. The molecule has 0 unspecified atom stereocenters. The Kier molecular flexibility index (Phi) is 17.9. The standard InChI is InChI=1S/C21H20ClFN2O3.C20H17ClFN3O2.C4H8O/c1-12-15(6-9-18(24-3)20(12)22)10-17(13(2)26)21(28)25-11-19(27)14-4-7-16(23)8-5-14;1-11-14(6-9-17(23-3)18(11)21)10-16(12(2)26)20-25-24-19(27-20)13-4-7-15(22)8-5-13;1-2-4-5-3-1/h4-9,13,17,26H,10-11H2,1-2H3,(H,25,28);4-9,12,16,26H,10H2,1-2H3;1-4H2/t13-,17+;12-,16+;/m00./s1. The number of carbonyl (C=O) groups is 2. The number of nitrogens with one attached hydrogen (secondary N) is 1. The van der Waals surface area contributed by atoms with Gasteiger partial charge < -0.3 is 24.7 Å². The van der Waals surface area contributed by atoms with Crippen LogP contribution in [-0.2, 0) is 22.4 Å². The van der Waals surface area contributed by atoms with Gasteiger partial charge in [-0.25, -0.2) is 18.5 Å². The minimum Gasteiger partial charge on any atom is -0.420 e. The summed E-state index contributed by atoms with van der Waals surface area (Å²) in [5.74, 6) is -2.34. The van der Waals surface area contributed by atoms with Crippen molar-refractivity contribution in [3.05, 3.63) is 151 Å². The maximum Gasteiger partial charge on any atom is 0.247 e. The van der Waals surface area contributed by atoms with Gasteiger partial charge in [-0.05, 0) is 124 Å². The highest BCUT2D eigenvalue weighted by Gasteiger charge is 2.27. The van der Waals surface area contributed by atoms with E-state index >= 15 is 0 Å². The van der Waals surface area contributed by atoms with Crippen molar-refractivity contribution in [3.63, 3.8) is 0 Å². The van der Waals surface area contributed by atoms with Gasteiger partial charge in [0, 0.05) is 24.3 Å². The maximum absolute atomic E-state index is 13.1. The first kappa shape index (κ1) is 47.1. The number of benzene rings is 4. The zero-order chi connectivity index (χ0) is 43.9. The number of carbonyl (C=O) groups excluding carboxylic acids is 2. The molecule has 1 amide bonds. The van der Waals surface area contributed by atoms with Crippen molar-refractivity contribution in [2.24, 2.45) is 5.92 Å². The molecule has 1 aromatic heterocycles. The predicted molar refractivity (Wildman–Crippen MR) is 225 cm³/mol. The van der Waals surface area contributed by atoms with Crippen LogP contribution in [0.2, 0.25) is 10.0 Å². The van der Waals surface area contributed by atoms with Crippen molar-refractivity contribution in [1.82, 2.24) is 15.5 Å². The van der Waals surface area contributed by atoms with Crippen LogP contribution in [0.1, 0.15) is 71.1 Å². The van der Waals surface area contributed by atoms with Crippen LogP contribution in [0.5, 0.6) is 0 Å². The molecule has 5 aromatic rings. The van der Waals surface area contributed by atoms with Crippen molar-refractivity contribution < 1.29 is 37.7 Å². The number of hydrogen-bond donors (Lipinski definition) is 3. The Bertz CT molecular complexity index is 2310. The van der Waals surface area contributed by atoms with E-state index in [0.29, 0.717) is 39.0 Å². The van der Waals surface area contributed by atoms with Crippen LogP contribution in [0.4, 0.5) is 20.2 Å². The van der Waals surface area contributed by atoms with Crippen LogP contribution in [0.3, 0.4) is 0 Å². The molecule has 11 nitrogen and oxygen atoms in total. The fourth-order valence-electron chi connectivity index (χ4n) is 6.10. The van der Waals surface area contributed by atoms with Gasteiger partial charge >= 0.3 is 0 Å². The van der Waals surface area contributed by atoms with Crippen LogP contribution < -0.4 is 5.32 Å². The number of aliphatic hydroxyl groups is 2. The number of ether oxygens (including phenoxy) is 1. The number of halogens is 4. The second kappa shape index (κ2) is 22.7. The molecule has 0 spiro atoms. The van der Waals surface area contributed by atoms with Gasteiger partial charge in [0.25, 0.3) is 0 Å². The number of rotatable bonds is 12. The third kappa shape index (κ3) is 13.0. The molecule has 0 saturated carbocycles. The fourth-order valence-corrected chi connectivity index (χ4v) is 6.55. The molecule has 0 bridgehead atoms. The first-order valence-electron chi connectivity index (χ1n) is 19.1. The molecule has 1 aliphatic rings. The molecular formula is C45H45Cl2F2N5O6. The van der Waals surface area contributed by atoms with Gasteiger partial charge in [-0.2, -0.15) is 0 Å². The Morgan fingerprint density at radius 2 is 1.30 bits per heavy atom. The van der Waals surface area contributed by atoms with E-state index in [1.54, 1.807) is 44.2 Å². The van der Waals surface area contributed by atoms with E-state index in [1.807, 2.05) is 13.0 Å². The number of aliphatic hydroxyl groups excluding tert-OH is 2. The van der Waals surface area contributed by atoms with E-state index in [-0.39, 0.29) is 41.9 Å². The van der Waals surface area contributed by atoms with Gasteiger partial charge in [-0.15, -0.1) is 10.2 Å². The van der Waals surface area contributed by atoms with Gasteiger partial charge in [0.1, 0.15) is 11.6 Å². The highest BCUT2D eigenvalue weighted by Crippen LogP contribution is 2.35. The van der Waals surface area contributed by atoms with Gasteiger partial charge in [0.05, 0.1) is 53.8 Å². The van der Waals surface area contributed by atoms with Crippen LogP contribution in [0.25, 0.3) is 21.1 Å². The number of hydrogen-bond acceptors (Lipinski definition) is 8. The highest BCUT2D eigenvalue weighted by atomic mass is 35.5. The van der Waals surface area contributed by atoms with E-state index in [9.17, 15) is 28.6 Å². The Labute approximate surface area is 358 Å². The van der Waals surface area contributed by atoms with E-state index in [1.165, 1.54) is 56.2 Å². The molecule has 1 aliphatic heterocycles. The second-order valence-electron chi connectivity index (χ2n) is 14.1. The molecule has 4 atom stereocenters. The molecule has 15 heteroatoms. The number of aromatic nitrogens is 2. The third-order valence-corrected chi connectivity index (χ3v) is 10.8. The summed E-state index contributed by atoms with van der Waals surface area (Å²) >= 11 is 12.4. The van der Waals surface area contributed by atoms with Gasteiger partial charge in [0.15, 0.2) is 5.78 Å². The molecule has 1 saturated heterocycles. The number of Topliss-reactive ketones (excluding diaryl/α,β-unsaturated/α-hetero) is 1. The third-order valence-electron chi connectivity index (χ3n) is 9.84. The summed E-state index contributed by atoms with van der Waals surface area (Å²) in [6.45, 7) is 22.7. The number of ketones is 1. The zero-order valence-electron chi connectivity index (χ0n) is 33.5. The summed E-state index contributed by atoms with van der Waals surface area (Å²) in [4.78, 5) is 31.4. The Morgan fingerprint density at radius 3 is 1.77 bits per heavy atom. The van der Waals surface area contributed by atoms with Crippen molar-refractivity contribution in [3.8, 4) is 11.5 Å². The van der Waals surface area contributed by atoms with Crippen LogP contribution in [0.15, 0.2) is 77.2 Å². The van der Waals surface area contributed by atoms with Crippen LogP contribution in [0, 0.1) is 44.5 Å². The lowest BCUT2D eigenvalue weighted by Crippen LogP contribution is -2.40. The van der Waals surface area contributed by atoms with E-state index in [4.69, 9.17) is 45.5 Å². The first-order chi connectivity index (χ1) is 28.6. The average Bonchev–Trinajstić information content (AvgIpc) is 3.99. The maximum atomic E-state index is 13.1. The van der Waals surface area contributed by atoms with Gasteiger partial charge in [-0.1, -0.05) is 47.5 Å². The van der Waals surface area contributed by atoms with Crippen molar-refractivity contribution in [2.45, 2.75) is 71.5 Å². The van der Waals surface area contributed by atoms with E-state index in [2.05, 4.69) is 25.2 Å². The predicted octanol–water partition coefficient (Wildman–Crippen LogP) is 9.77. The molecule has 60 heavy (non-hydrogen) atoms. The topological polar surface area (TPSA) is 144 Å². The van der Waals surface area contributed by atoms with E-state index < -0.39 is 35.8 Å². The SMILES string of the molecule is C1CCOC1.[C-]#[N+]c1ccc(C[C@@H](C(=O)NCC(=O)c2ccc(F)cc2)[C@H](C)O)c(C)c1Cl.[C-]#[N+]c1ccc(C[C@@H](c2nnc(-c3ccc(F)cc3)o2)[C@H](C)O)c(C)c1Cl. The second-order valence-corrected chi connectivity index (χ2v) is 14.9. The van der Waals surface area contributed by atoms with Crippen LogP contribution >= 0.6 is 23.2 Å². The Balaban J connectivity index is 0.000000236. The minimum absolute atomic E-state index is 0.206. The molecular weight excluding hydrogens is 815 g/mol. The largest absolute Gasteiger partial charge is 0.420 e. The van der Waals surface area contributed by atoms with Crippen molar-refractivity contribution in [2.75, 3.05) is 19.8 Å². The summed E-state index contributed by atoms with van der Waals surface area (Å²) in [6.07, 6.45) is 1.48. The summed E-state index contributed by atoms with van der Waals surface area (Å²) in [6, 6.07) is 17.5. The van der Waals surface area contributed by atoms with Crippen LogP contribution in [-0.4, -0.2) is 64.1 Å². The summed E-state index contributed by atoms with van der Waals surface area (Å²) in [5, 5.41) is 31.6. The molecule has 1 fully saturated rings. The van der Waals surface area contributed by atoms with Gasteiger partial charge in [0.2, 0.25) is 29.1 Å². The normalized spacial score (nSPS) is 13.9. The van der Waals surface area contributed by atoms with Gasteiger partial charge in [-0.3, -0.25) is 9.59 Å². The lowest BCUT2D eigenvalue weighted by Gasteiger charge is -2.21. The molecule has 0 radical (unpaired) electrons. The quantitative estimate of drug-likeness (QED) is 0.0832. The summed E-state index contributed by atoms with van der Waals surface area (Å²) in [5.41, 5.74) is 4.69. The lowest BCUT2D eigenvalue weighted by molar-refractivity contribution is -0.127. The van der Waals surface area contributed by atoms with Crippen molar-refractivity contribution >= 4 is 46.3 Å². The Hall–Kier alpha value is -5.54. The number of nitrogens with zero attached hydrogens (tertiary/aromatic N) is 4. The highest BCUT2D eigenvalue weighted by molar-refractivity contribution is 6.34. The molecule has 3 N–H and O–H groups in total. The van der Waals surface area contributed by atoms with Crippen molar-refractivity contribution in [1.29, 1.82) is 0 Å². The molecule has 4 aromatic carbocycles. The number of amides is 1. The Morgan fingerprint density at radius 1 is 0.783 bits per heavy atom. The summed E-state index contributed by atoms with van der Waals surface area (Å²) < 4.78 is 36.7. The molecule has 314 valence electrons. The molecule has 2 heterocycles. The fraction of sp³-hybridized carbons (Fsp3) is 0.333. The molecule has 0 aliphatic carbocycles. The smallest absolute Gasteiger partial charge is 0.247 e. The summed E-state index contributed by atoms with van der Waals surface area (Å²) in [7, 11) is 0. The first-order valence-corrected chi connectivity index (χ1v) is 19.8. The van der Waals surface area contributed by atoms with E-state index in [0.717, 1.165) is 29.9 Å². The monoisotopic (exact) mass is 859 g/mol. The average molecular weight is 861 g/mol. The lowest BCUT2D eigenvalue weighted by atomic mass is 9.91. The zero-order valence-corrected chi connectivity index (χ0v) is 35.0. The molecule has 6 rings (SSSR count).